The van der Waals surface area contributed by atoms with Crippen molar-refractivity contribution < 1.29 is 9.53 Å². The lowest BCUT2D eigenvalue weighted by Crippen LogP contribution is -2.36. The smallest absolute Gasteiger partial charge is 0.137 e. The highest BCUT2D eigenvalue weighted by molar-refractivity contribution is 5.87. The lowest BCUT2D eigenvalue weighted by Gasteiger charge is -2.36. The van der Waals surface area contributed by atoms with E-state index in [4.69, 9.17) is 4.74 Å². The van der Waals surface area contributed by atoms with E-state index in [2.05, 4.69) is 53.2 Å². The van der Waals surface area contributed by atoms with Gasteiger partial charge in [0.15, 0.2) is 0 Å². The summed E-state index contributed by atoms with van der Waals surface area (Å²) in [5.74, 6) is 1.17. The Kier molecular flexibility index (Phi) is 3.26. The Bertz CT molecular complexity index is 772. The van der Waals surface area contributed by atoms with Crippen molar-refractivity contribution >= 4 is 22.8 Å². The van der Waals surface area contributed by atoms with Gasteiger partial charge in [-0.2, -0.15) is 0 Å². The number of rotatable bonds is 1. The van der Waals surface area contributed by atoms with Crippen LogP contribution in [0.5, 0.6) is 5.75 Å². The van der Waals surface area contributed by atoms with Crippen LogP contribution >= 0.6 is 0 Å². The third-order valence-corrected chi connectivity index (χ3v) is 4.94. The van der Waals surface area contributed by atoms with E-state index in [1.807, 2.05) is 6.07 Å². The maximum atomic E-state index is 12.1. The summed E-state index contributed by atoms with van der Waals surface area (Å²) in [4.78, 5) is 16.7. The van der Waals surface area contributed by atoms with Gasteiger partial charge in [-0.25, -0.2) is 0 Å². The zero-order valence-corrected chi connectivity index (χ0v) is 13.5. The van der Waals surface area contributed by atoms with E-state index in [1.54, 1.807) is 7.11 Å². The number of methoxy groups -OCH3 is 1. The molecule has 2 aromatic carbocycles. The summed E-state index contributed by atoms with van der Waals surface area (Å²) in [6.45, 7) is 0.769. The molecule has 2 heterocycles. The number of benzene rings is 2. The van der Waals surface area contributed by atoms with E-state index in [0.717, 1.165) is 23.5 Å². The monoisotopic (exact) mass is 308 g/mol. The van der Waals surface area contributed by atoms with Gasteiger partial charge in [-0.1, -0.05) is 12.1 Å². The quantitative estimate of drug-likeness (QED) is 0.804. The second-order valence-electron chi connectivity index (χ2n) is 6.17. The average Bonchev–Trinajstić information content (AvgIpc) is 2.69. The van der Waals surface area contributed by atoms with Crippen LogP contribution < -0.4 is 14.5 Å². The van der Waals surface area contributed by atoms with Crippen LogP contribution in [0.2, 0.25) is 0 Å². The normalized spacial score (nSPS) is 19.6. The molecule has 0 N–H and O–H groups in total. The fraction of sp³-hybridized carbons (Fsp3) is 0.316. The molecule has 0 aromatic heterocycles. The van der Waals surface area contributed by atoms with Crippen molar-refractivity contribution in [3.05, 3.63) is 48.0 Å². The van der Waals surface area contributed by atoms with Crippen molar-refractivity contribution in [3.63, 3.8) is 0 Å². The lowest BCUT2D eigenvalue weighted by atomic mass is 9.93. The second-order valence-corrected chi connectivity index (χ2v) is 6.17. The van der Waals surface area contributed by atoms with Crippen LogP contribution in [-0.2, 0) is 4.79 Å². The van der Waals surface area contributed by atoms with Crippen molar-refractivity contribution in [1.82, 2.24) is 0 Å². The van der Waals surface area contributed by atoms with E-state index < -0.39 is 0 Å². The first-order chi connectivity index (χ1) is 11.2. The van der Waals surface area contributed by atoms with Crippen LogP contribution in [-0.4, -0.2) is 26.5 Å². The number of hydrogen-bond donors (Lipinski definition) is 0. The molecule has 0 spiro atoms. The minimum absolute atomic E-state index is 0.0763. The highest BCUT2D eigenvalue weighted by Gasteiger charge is 2.35. The van der Waals surface area contributed by atoms with Crippen LogP contribution in [0.3, 0.4) is 0 Å². The maximum absolute atomic E-state index is 12.1. The molecule has 1 fully saturated rings. The summed E-state index contributed by atoms with van der Waals surface area (Å²) in [6.07, 6.45) is 1.18. The van der Waals surface area contributed by atoms with Gasteiger partial charge in [0.05, 0.1) is 24.5 Å². The molecule has 1 saturated heterocycles. The predicted octanol–water partition coefficient (Wildman–Crippen LogP) is 3.69. The van der Waals surface area contributed by atoms with E-state index in [9.17, 15) is 4.79 Å². The molecule has 4 nitrogen and oxygen atoms in total. The van der Waals surface area contributed by atoms with Gasteiger partial charge in [-0.05, 0) is 30.3 Å². The molecule has 0 aliphatic carbocycles. The van der Waals surface area contributed by atoms with Crippen LogP contribution in [0.25, 0.3) is 0 Å². The number of piperidine rings is 1. The van der Waals surface area contributed by atoms with Gasteiger partial charge in [0, 0.05) is 37.7 Å². The SMILES string of the molecule is COc1ccc2c(c1)C1CC(=O)CCN1c1ccccc1N2C. The van der Waals surface area contributed by atoms with Crippen LogP contribution in [0, 0.1) is 0 Å². The van der Waals surface area contributed by atoms with E-state index in [0.29, 0.717) is 18.6 Å². The largest absolute Gasteiger partial charge is 0.497 e. The zero-order chi connectivity index (χ0) is 16.0. The average molecular weight is 308 g/mol. The molecule has 0 saturated carbocycles. The zero-order valence-electron chi connectivity index (χ0n) is 13.5. The molecule has 0 bridgehead atoms. The highest BCUT2D eigenvalue weighted by atomic mass is 16.5. The summed E-state index contributed by atoms with van der Waals surface area (Å²) in [5.41, 5.74) is 4.68. The first kappa shape index (κ1) is 14.1. The summed E-state index contributed by atoms with van der Waals surface area (Å²) >= 11 is 0. The number of carbonyl (C=O) groups excluding carboxylic acids is 1. The molecule has 2 aliphatic rings. The Morgan fingerprint density at radius 3 is 2.65 bits per heavy atom. The molecule has 0 amide bonds. The van der Waals surface area contributed by atoms with Crippen molar-refractivity contribution in [2.75, 3.05) is 30.5 Å². The van der Waals surface area contributed by atoms with Crippen LogP contribution in [0.4, 0.5) is 17.1 Å². The van der Waals surface area contributed by atoms with Gasteiger partial charge in [0.25, 0.3) is 0 Å². The first-order valence-corrected chi connectivity index (χ1v) is 7.98. The van der Waals surface area contributed by atoms with Crippen LogP contribution in [0.15, 0.2) is 42.5 Å². The van der Waals surface area contributed by atoms with E-state index in [1.165, 1.54) is 11.4 Å². The minimum atomic E-state index is 0.0763. The van der Waals surface area contributed by atoms with Crippen molar-refractivity contribution in [3.8, 4) is 5.75 Å². The van der Waals surface area contributed by atoms with Crippen molar-refractivity contribution in [1.29, 1.82) is 0 Å². The number of nitrogens with zero attached hydrogens (tertiary/aromatic N) is 2. The van der Waals surface area contributed by atoms with Gasteiger partial charge < -0.3 is 14.5 Å². The number of ketones is 1. The molecular formula is C19H20N2O2. The molecule has 2 aromatic rings. The Morgan fingerprint density at radius 1 is 1.09 bits per heavy atom. The fourth-order valence-corrected chi connectivity index (χ4v) is 3.75. The number of fused-ring (bicyclic) bond motifs is 5. The minimum Gasteiger partial charge on any atom is -0.497 e. The number of anilines is 3. The van der Waals surface area contributed by atoms with Crippen molar-refractivity contribution in [2.45, 2.75) is 18.9 Å². The second kappa shape index (κ2) is 5.30. The maximum Gasteiger partial charge on any atom is 0.137 e. The summed E-state index contributed by atoms with van der Waals surface area (Å²) in [7, 11) is 3.77. The third kappa shape index (κ3) is 2.17. The Labute approximate surface area is 136 Å². The molecule has 2 aliphatic heterocycles. The van der Waals surface area contributed by atoms with Gasteiger partial charge >= 0.3 is 0 Å². The summed E-state index contributed by atoms with van der Waals surface area (Å²) in [6, 6.07) is 14.7. The molecule has 0 radical (unpaired) electrons. The number of carbonyl (C=O) groups is 1. The molecule has 1 atom stereocenters. The van der Waals surface area contributed by atoms with Crippen LogP contribution in [0.1, 0.15) is 24.4 Å². The van der Waals surface area contributed by atoms with Gasteiger partial charge in [0.1, 0.15) is 11.5 Å². The number of ether oxygens (including phenoxy) is 1. The topological polar surface area (TPSA) is 32.8 Å². The number of para-hydroxylation sites is 2. The van der Waals surface area contributed by atoms with Gasteiger partial charge in [0.2, 0.25) is 0 Å². The third-order valence-electron chi connectivity index (χ3n) is 4.94. The van der Waals surface area contributed by atoms with E-state index in [-0.39, 0.29) is 6.04 Å². The number of hydrogen-bond acceptors (Lipinski definition) is 4. The van der Waals surface area contributed by atoms with Gasteiger partial charge in [-0.3, -0.25) is 4.79 Å². The Morgan fingerprint density at radius 2 is 1.87 bits per heavy atom. The molecule has 4 heteroatoms. The van der Waals surface area contributed by atoms with Gasteiger partial charge in [-0.15, -0.1) is 0 Å². The predicted molar refractivity (Wildman–Crippen MR) is 91.8 cm³/mol. The Balaban J connectivity index is 1.96. The standard InChI is InChI=1S/C19H20N2O2/c1-20-16-8-7-14(23-2)12-15(16)19-11-13(22)9-10-21(19)18-6-4-3-5-17(18)20/h3-8,12,19H,9-11H2,1-2H3. The molecule has 4 rings (SSSR count). The highest BCUT2D eigenvalue weighted by Crippen LogP contribution is 2.47. The molecular weight excluding hydrogens is 288 g/mol. The lowest BCUT2D eigenvalue weighted by molar-refractivity contribution is -0.120. The van der Waals surface area contributed by atoms with Crippen molar-refractivity contribution in [2.24, 2.45) is 0 Å². The number of Topliss-reactive ketones (excluding diaryl/α,β-unsaturated/α-hetero) is 1. The van der Waals surface area contributed by atoms with E-state index >= 15 is 0 Å². The fourth-order valence-electron chi connectivity index (χ4n) is 3.75. The molecule has 118 valence electrons. The molecule has 1 unspecified atom stereocenters. The first-order valence-electron chi connectivity index (χ1n) is 7.98. The summed E-state index contributed by atoms with van der Waals surface area (Å²) < 4.78 is 5.42. The Hall–Kier alpha value is -2.49. The molecule has 23 heavy (non-hydrogen) atoms. The summed E-state index contributed by atoms with van der Waals surface area (Å²) in [5, 5.41) is 0.